The molecule has 0 unspecified atom stereocenters. The van der Waals surface area contributed by atoms with E-state index in [0.717, 1.165) is 35.1 Å². The van der Waals surface area contributed by atoms with Gasteiger partial charge in [-0.05, 0) is 32.4 Å². The van der Waals surface area contributed by atoms with E-state index in [1.54, 1.807) is 23.7 Å². The van der Waals surface area contributed by atoms with Crippen LogP contribution >= 0.6 is 11.3 Å². The molecular formula is C18H21N5OS. The predicted octanol–water partition coefficient (Wildman–Crippen LogP) is 3.61. The lowest BCUT2D eigenvalue weighted by Crippen LogP contribution is -2.26. The van der Waals surface area contributed by atoms with E-state index in [2.05, 4.69) is 27.3 Å². The van der Waals surface area contributed by atoms with Crippen molar-refractivity contribution < 1.29 is 4.79 Å². The molecule has 0 saturated heterocycles. The van der Waals surface area contributed by atoms with Crippen LogP contribution in [0.5, 0.6) is 0 Å². The second-order valence-electron chi connectivity index (χ2n) is 5.87. The summed E-state index contributed by atoms with van der Waals surface area (Å²) in [5.41, 5.74) is 2.37. The van der Waals surface area contributed by atoms with Crippen molar-refractivity contribution in [1.82, 2.24) is 25.1 Å². The third-order valence-electron chi connectivity index (χ3n) is 3.86. The van der Waals surface area contributed by atoms with Crippen LogP contribution in [-0.2, 0) is 6.54 Å². The van der Waals surface area contributed by atoms with E-state index in [9.17, 15) is 4.79 Å². The van der Waals surface area contributed by atoms with Crippen LogP contribution in [-0.4, -0.2) is 25.7 Å². The number of carbonyl (C=O) groups is 1. The molecule has 1 N–H and O–H groups in total. The first kappa shape index (κ1) is 17.3. The van der Waals surface area contributed by atoms with Crippen LogP contribution in [0.25, 0.3) is 11.4 Å². The quantitative estimate of drug-likeness (QED) is 0.733. The second kappa shape index (κ2) is 7.57. The first-order chi connectivity index (χ1) is 12.1. The highest BCUT2D eigenvalue weighted by molar-refractivity contribution is 7.09. The summed E-state index contributed by atoms with van der Waals surface area (Å²) in [4.78, 5) is 21.3. The van der Waals surface area contributed by atoms with Crippen molar-refractivity contribution in [1.29, 1.82) is 0 Å². The Hall–Kier alpha value is -2.54. The number of nitrogens with one attached hydrogen (secondary N) is 1. The molecule has 0 aliphatic heterocycles. The number of aryl methyl sites for hydroxylation is 2. The average molecular weight is 355 g/mol. The van der Waals surface area contributed by atoms with E-state index in [1.165, 1.54) is 0 Å². The van der Waals surface area contributed by atoms with Crippen LogP contribution in [0.2, 0.25) is 0 Å². The molecule has 0 saturated carbocycles. The van der Waals surface area contributed by atoms with Crippen LogP contribution in [0.4, 0.5) is 0 Å². The standard InChI is InChI=1S/C18H21N5OS/c1-4-8-23-17(19-11-20-23)14-6-5-7-15(9-14)18(24)21-12(2)16-10-25-13(3)22-16/h5-7,9-12H,4,8H2,1-3H3,(H,21,24)/t12-/m0/s1. The number of hydrogen-bond acceptors (Lipinski definition) is 5. The Morgan fingerprint density at radius 2 is 2.24 bits per heavy atom. The SMILES string of the molecule is CCCn1ncnc1-c1cccc(C(=O)N[C@@H](C)c2csc(C)n2)c1. The fraction of sp³-hybridized carbons (Fsp3) is 0.333. The Morgan fingerprint density at radius 1 is 1.40 bits per heavy atom. The monoisotopic (exact) mass is 355 g/mol. The lowest BCUT2D eigenvalue weighted by molar-refractivity contribution is 0.0939. The number of amides is 1. The Bertz CT molecular complexity index is 870. The van der Waals surface area contributed by atoms with Crippen LogP contribution < -0.4 is 5.32 Å². The molecule has 0 aliphatic rings. The first-order valence-electron chi connectivity index (χ1n) is 8.29. The molecule has 130 valence electrons. The zero-order valence-corrected chi connectivity index (χ0v) is 15.4. The van der Waals surface area contributed by atoms with Crippen molar-refractivity contribution in [3.63, 3.8) is 0 Å². The number of carbonyl (C=O) groups excluding carboxylic acids is 1. The van der Waals surface area contributed by atoms with Gasteiger partial charge < -0.3 is 5.32 Å². The smallest absolute Gasteiger partial charge is 0.251 e. The van der Waals surface area contributed by atoms with Gasteiger partial charge in [-0.1, -0.05) is 19.1 Å². The molecule has 0 radical (unpaired) electrons. The molecule has 1 aromatic carbocycles. The van der Waals surface area contributed by atoms with Gasteiger partial charge in [-0.25, -0.2) is 14.6 Å². The maximum absolute atomic E-state index is 12.6. The molecule has 3 rings (SSSR count). The lowest BCUT2D eigenvalue weighted by atomic mass is 10.1. The van der Waals surface area contributed by atoms with Gasteiger partial charge in [0.25, 0.3) is 5.91 Å². The number of thiazole rings is 1. The largest absolute Gasteiger partial charge is 0.344 e. The number of nitrogens with zero attached hydrogens (tertiary/aromatic N) is 4. The van der Waals surface area contributed by atoms with Gasteiger partial charge >= 0.3 is 0 Å². The van der Waals surface area contributed by atoms with E-state index in [1.807, 2.05) is 42.1 Å². The predicted molar refractivity (Wildman–Crippen MR) is 98.5 cm³/mol. The lowest BCUT2D eigenvalue weighted by Gasteiger charge is -2.12. The van der Waals surface area contributed by atoms with E-state index in [-0.39, 0.29) is 11.9 Å². The summed E-state index contributed by atoms with van der Waals surface area (Å²) in [5, 5.41) is 10.2. The first-order valence-corrected chi connectivity index (χ1v) is 9.17. The van der Waals surface area contributed by atoms with Gasteiger partial charge in [-0.2, -0.15) is 5.10 Å². The van der Waals surface area contributed by atoms with E-state index in [0.29, 0.717) is 5.56 Å². The fourth-order valence-electron chi connectivity index (χ4n) is 2.60. The summed E-state index contributed by atoms with van der Waals surface area (Å²) < 4.78 is 1.86. The highest BCUT2D eigenvalue weighted by Crippen LogP contribution is 2.20. The maximum atomic E-state index is 12.6. The van der Waals surface area contributed by atoms with Gasteiger partial charge in [-0.15, -0.1) is 11.3 Å². The molecule has 1 atom stereocenters. The summed E-state index contributed by atoms with van der Waals surface area (Å²) in [7, 11) is 0. The fourth-order valence-corrected chi connectivity index (χ4v) is 3.30. The molecule has 2 heterocycles. The van der Waals surface area contributed by atoms with Gasteiger partial charge in [0, 0.05) is 23.1 Å². The van der Waals surface area contributed by atoms with Crippen molar-refractivity contribution in [3.05, 3.63) is 52.2 Å². The van der Waals surface area contributed by atoms with Gasteiger partial charge in [0.05, 0.1) is 16.7 Å². The number of rotatable bonds is 6. The van der Waals surface area contributed by atoms with Crippen molar-refractivity contribution in [2.75, 3.05) is 0 Å². The minimum absolute atomic E-state index is 0.124. The molecule has 2 aromatic heterocycles. The van der Waals surface area contributed by atoms with Gasteiger partial charge in [0.2, 0.25) is 0 Å². The molecule has 6 nitrogen and oxygen atoms in total. The molecule has 0 fully saturated rings. The van der Waals surface area contributed by atoms with Gasteiger partial charge in [-0.3, -0.25) is 4.79 Å². The normalized spacial score (nSPS) is 12.1. The van der Waals surface area contributed by atoms with Crippen molar-refractivity contribution in [3.8, 4) is 11.4 Å². The third-order valence-corrected chi connectivity index (χ3v) is 4.65. The van der Waals surface area contributed by atoms with Crippen LogP contribution in [0.3, 0.4) is 0 Å². The second-order valence-corrected chi connectivity index (χ2v) is 6.94. The molecule has 0 spiro atoms. The molecule has 3 aromatic rings. The van der Waals surface area contributed by atoms with E-state index in [4.69, 9.17) is 0 Å². The topological polar surface area (TPSA) is 72.7 Å². The minimum atomic E-state index is -0.134. The van der Waals surface area contributed by atoms with E-state index >= 15 is 0 Å². The number of aromatic nitrogens is 4. The van der Waals surface area contributed by atoms with Crippen molar-refractivity contribution >= 4 is 17.2 Å². The summed E-state index contributed by atoms with van der Waals surface area (Å²) in [6, 6.07) is 7.33. The number of hydrogen-bond donors (Lipinski definition) is 1. The van der Waals surface area contributed by atoms with Crippen LogP contribution in [0.15, 0.2) is 36.0 Å². The highest BCUT2D eigenvalue weighted by atomic mass is 32.1. The molecule has 25 heavy (non-hydrogen) atoms. The molecule has 1 amide bonds. The van der Waals surface area contributed by atoms with Crippen LogP contribution in [0.1, 0.15) is 47.4 Å². The molecular weight excluding hydrogens is 334 g/mol. The summed E-state index contributed by atoms with van der Waals surface area (Å²) in [5.74, 6) is 0.654. The van der Waals surface area contributed by atoms with Gasteiger partial charge in [0.1, 0.15) is 6.33 Å². The number of benzene rings is 1. The zero-order chi connectivity index (χ0) is 17.8. The Morgan fingerprint density at radius 3 is 2.96 bits per heavy atom. The van der Waals surface area contributed by atoms with E-state index < -0.39 is 0 Å². The zero-order valence-electron chi connectivity index (χ0n) is 14.6. The average Bonchev–Trinajstić information content (AvgIpc) is 3.24. The summed E-state index contributed by atoms with van der Waals surface area (Å²) in [6.45, 7) is 6.79. The minimum Gasteiger partial charge on any atom is -0.344 e. The molecule has 0 bridgehead atoms. The maximum Gasteiger partial charge on any atom is 0.251 e. The summed E-state index contributed by atoms with van der Waals surface area (Å²) in [6.07, 6.45) is 2.52. The highest BCUT2D eigenvalue weighted by Gasteiger charge is 2.15. The Kier molecular flexibility index (Phi) is 5.23. The van der Waals surface area contributed by atoms with Gasteiger partial charge in [0.15, 0.2) is 5.82 Å². The molecule has 7 heteroatoms. The van der Waals surface area contributed by atoms with Crippen molar-refractivity contribution in [2.45, 2.75) is 39.8 Å². The van der Waals surface area contributed by atoms with Crippen molar-refractivity contribution in [2.24, 2.45) is 0 Å². The Balaban J connectivity index is 1.78. The summed E-state index contributed by atoms with van der Waals surface area (Å²) >= 11 is 1.58. The molecule has 0 aliphatic carbocycles. The Labute approximate surface area is 150 Å². The van der Waals surface area contributed by atoms with Crippen LogP contribution in [0, 0.1) is 6.92 Å². The third kappa shape index (κ3) is 3.93.